The van der Waals surface area contributed by atoms with E-state index in [1.165, 1.54) is 0 Å². The third-order valence-electron chi connectivity index (χ3n) is 2.85. The first-order valence-corrected chi connectivity index (χ1v) is 6.54. The standard InChI is InChI=1S/C14H22N4O2/c1-4-16-13(19)8-18(3)9-14(20)17-12-7-5-6-11(15)10(12)2/h5-7H,4,8-9,15H2,1-3H3,(H,16,19)(H,17,20). The van der Waals surface area contributed by atoms with Gasteiger partial charge in [0.25, 0.3) is 0 Å². The quantitative estimate of drug-likeness (QED) is 0.664. The van der Waals surface area contributed by atoms with E-state index in [-0.39, 0.29) is 24.9 Å². The number of carbonyl (C=O) groups is 2. The molecule has 0 saturated heterocycles. The molecule has 0 aromatic heterocycles. The molecule has 6 heteroatoms. The van der Waals surface area contributed by atoms with Crippen LogP contribution in [0.1, 0.15) is 12.5 Å². The summed E-state index contributed by atoms with van der Waals surface area (Å²) in [7, 11) is 1.72. The van der Waals surface area contributed by atoms with Crippen molar-refractivity contribution in [3.8, 4) is 0 Å². The average molecular weight is 278 g/mol. The van der Waals surface area contributed by atoms with Crippen molar-refractivity contribution in [2.24, 2.45) is 0 Å². The summed E-state index contributed by atoms with van der Waals surface area (Å²) >= 11 is 0. The van der Waals surface area contributed by atoms with Gasteiger partial charge in [-0.1, -0.05) is 6.07 Å². The van der Waals surface area contributed by atoms with E-state index in [0.717, 1.165) is 5.56 Å². The third kappa shape index (κ3) is 4.89. The Kier molecular flexibility index (Phi) is 5.99. The fraction of sp³-hybridized carbons (Fsp3) is 0.429. The van der Waals surface area contributed by atoms with Gasteiger partial charge in [0.15, 0.2) is 0 Å². The number of nitrogens with zero attached hydrogens (tertiary/aromatic N) is 1. The monoisotopic (exact) mass is 278 g/mol. The molecule has 0 aliphatic rings. The molecule has 1 rings (SSSR count). The van der Waals surface area contributed by atoms with E-state index in [4.69, 9.17) is 5.73 Å². The molecule has 2 amide bonds. The first-order chi connectivity index (χ1) is 9.43. The maximum atomic E-state index is 11.9. The van der Waals surface area contributed by atoms with Crippen LogP contribution in [0.2, 0.25) is 0 Å². The maximum absolute atomic E-state index is 11.9. The van der Waals surface area contributed by atoms with Gasteiger partial charge in [0.2, 0.25) is 11.8 Å². The zero-order valence-electron chi connectivity index (χ0n) is 12.2. The molecule has 0 saturated carbocycles. The van der Waals surface area contributed by atoms with Crippen LogP contribution in [0.15, 0.2) is 18.2 Å². The van der Waals surface area contributed by atoms with Gasteiger partial charge in [-0.15, -0.1) is 0 Å². The Balaban J connectivity index is 2.51. The topological polar surface area (TPSA) is 87.5 Å². The minimum atomic E-state index is -0.175. The molecule has 0 aliphatic carbocycles. The van der Waals surface area contributed by atoms with Gasteiger partial charge < -0.3 is 16.4 Å². The fourth-order valence-corrected chi connectivity index (χ4v) is 1.78. The van der Waals surface area contributed by atoms with E-state index in [2.05, 4.69) is 10.6 Å². The van der Waals surface area contributed by atoms with Gasteiger partial charge in [0, 0.05) is 17.9 Å². The number of nitrogen functional groups attached to an aromatic ring is 1. The van der Waals surface area contributed by atoms with Crippen LogP contribution in [0.5, 0.6) is 0 Å². The van der Waals surface area contributed by atoms with Gasteiger partial charge in [-0.05, 0) is 38.6 Å². The highest BCUT2D eigenvalue weighted by Gasteiger charge is 2.11. The number of benzene rings is 1. The Hall–Kier alpha value is -2.08. The fourth-order valence-electron chi connectivity index (χ4n) is 1.78. The second kappa shape index (κ2) is 7.49. The highest BCUT2D eigenvalue weighted by atomic mass is 16.2. The highest BCUT2D eigenvalue weighted by Crippen LogP contribution is 2.20. The van der Waals surface area contributed by atoms with Crippen molar-refractivity contribution < 1.29 is 9.59 Å². The predicted molar refractivity (Wildman–Crippen MR) is 80.4 cm³/mol. The molecular formula is C14H22N4O2. The minimum absolute atomic E-state index is 0.0945. The molecule has 1 aromatic carbocycles. The lowest BCUT2D eigenvalue weighted by atomic mass is 10.1. The van der Waals surface area contributed by atoms with E-state index < -0.39 is 0 Å². The van der Waals surface area contributed by atoms with Crippen LogP contribution in [0, 0.1) is 6.92 Å². The molecule has 0 heterocycles. The first-order valence-electron chi connectivity index (χ1n) is 6.54. The maximum Gasteiger partial charge on any atom is 0.238 e. The molecule has 0 bridgehead atoms. The number of rotatable bonds is 6. The van der Waals surface area contributed by atoms with Crippen molar-refractivity contribution in [2.75, 3.05) is 37.7 Å². The van der Waals surface area contributed by atoms with Crippen LogP contribution in [0.25, 0.3) is 0 Å². The summed E-state index contributed by atoms with van der Waals surface area (Å²) < 4.78 is 0. The summed E-state index contributed by atoms with van der Waals surface area (Å²) in [6.45, 7) is 4.63. The summed E-state index contributed by atoms with van der Waals surface area (Å²) in [5.41, 5.74) is 7.96. The van der Waals surface area contributed by atoms with Crippen molar-refractivity contribution in [3.05, 3.63) is 23.8 Å². The van der Waals surface area contributed by atoms with Gasteiger partial charge in [-0.2, -0.15) is 0 Å². The van der Waals surface area contributed by atoms with E-state index in [0.29, 0.717) is 17.9 Å². The summed E-state index contributed by atoms with van der Waals surface area (Å²) in [5, 5.41) is 5.48. The van der Waals surface area contributed by atoms with Crippen molar-refractivity contribution in [1.82, 2.24) is 10.2 Å². The molecule has 110 valence electrons. The molecule has 0 fully saturated rings. The second-order valence-electron chi connectivity index (χ2n) is 4.69. The molecule has 0 unspecified atom stereocenters. The molecule has 1 aromatic rings. The Labute approximate surface area is 119 Å². The molecule has 20 heavy (non-hydrogen) atoms. The van der Waals surface area contributed by atoms with E-state index in [1.807, 2.05) is 13.8 Å². The lowest BCUT2D eigenvalue weighted by molar-refractivity contribution is -0.122. The number of nitrogens with two attached hydrogens (primary N) is 1. The average Bonchev–Trinajstić information content (AvgIpc) is 2.34. The normalized spacial score (nSPS) is 10.4. The number of carbonyl (C=O) groups excluding carboxylic acids is 2. The highest BCUT2D eigenvalue weighted by molar-refractivity contribution is 5.94. The number of nitrogens with one attached hydrogen (secondary N) is 2. The van der Waals surface area contributed by atoms with Crippen molar-refractivity contribution in [3.63, 3.8) is 0 Å². The smallest absolute Gasteiger partial charge is 0.238 e. The number of amides is 2. The van der Waals surface area contributed by atoms with Crippen LogP contribution < -0.4 is 16.4 Å². The molecule has 0 aliphatic heterocycles. The molecular weight excluding hydrogens is 256 g/mol. The van der Waals surface area contributed by atoms with Crippen LogP contribution in [-0.2, 0) is 9.59 Å². The Bertz CT molecular complexity index is 488. The molecule has 0 atom stereocenters. The van der Waals surface area contributed by atoms with Gasteiger partial charge in [0.1, 0.15) is 0 Å². The lowest BCUT2D eigenvalue weighted by Crippen LogP contribution is -2.38. The third-order valence-corrected chi connectivity index (χ3v) is 2.85. The van der Waals surface area contributed by atoms with E-state index >= 15 is 0 Å². The molecule has 0 spiro atoms. The van der Waals surface area contributed by atoms with E-state index in [1.54, 1.807) is 30.1 Å². The summed E-state index contributed by atoms with van der Waals surface area (Å²) in [5.74, 6) is -0.270. The Morgan fingerprint density at radius 2 is 1.90 bits per heavy atom. The number of hydrogen-bond donors (Lipinski definition) is 3. The summed E-state index contributed by atoms with van der Waals surface area (Å²) in [6, 6.07) is 5.37. The van der Waals surface area contributed by atoms with E-state index in [9.17, 15) is 9.59 Å². The minimum Gasteiger partial charge on any atom is -0.398 e. The molecule has 4 N–H and O–H groups in total. The van der Waals surface area contributed by atoms with Gasteiger partial charge in [-0.25, -0.2) is 0 Å². The Morgan fingerprint density at radius 3 is 2.55 bits per heavy atom. The van der Waals surface area contributed by atoms with Crippen molar-refractivity contribution in [1.29, 1.82) is 0 Å². The van der Waals surface area contributed by atoms with Gasteiger partial charge in [-0.3, -0.25) is 14.5 Å². The first kappa shape index (κ1) is 16.0. The van der Waals surface area contributed by atoms with Crippen molar-refractivity contribution in [2.45, 2.75) is 13.8 Å². The van der Waals surface area contributed by atoms with Gasteiger partial charge >= 0.3 is 0 Å². The molecule has 0 radical (unpaired) electrons. The molecule has 6 nitrogen and oxygen atoms in total. The zero-order chi connectivity index (χ0) is 15.1. The van der Waals surface area contributed by atoms with Crippen molar-refractivity contribution >= 4 is 23.2 Å². The number of anilines is 2. The lowest BCUT2D eigenvalue weighted by Gasteiger charge is -2.16. The van der Waals surface area contributed by atoms with Crippen LogP contribution in [0.3, 0.4) is 0 Å². The summed E-state index contributed by atoms with van der Waals surface area (Å²) in [4.78, 5) is 24.9. The van der Waals surface area contributed by atoms with Crippen LogP contribution in [0.4, 0.5) is 11.4 Å². The van der Waals surface area contributed by atoms with Crippen LogP contribution >= 0.6 is 0 Å². The largest absolute Gasteiger partial charge is 0.398 e. The Morgan fingerprint density at radius 1 is 1.25 bits per heavy atom. The summed E-state index contributed by atoms with van der Waals surface area (Å²) in [6.07, 6.45) is 0. The number of likely N-dealkylation sites (N-methyl/N-ethyl adjacent to an activating group) is 2. The second-order valence-corrected chi connectivity index (χ2v) is 4.69. The number of hydrogen-bond acceptors (Lipinski definition) is 4. The van der Waals surface area contributed by atoms with Crippen LogP contribution in [-0.4, -0.2) is 43.4 Å². The predicted octanol–water partition coefficient (Wildman–Crippen LogP) is 0.584. The zero-order valence-corrected chi connectivity index (χ0v) is 12.2. The SMILES string of the molecule is CCNC(=O)CN(C)CC(=O)Nc1cccc(N)c1C. The van der Waals surface area contributed by atoms with Gasteiger partial charge in [0.05, 0.1) is 13.1 Å².